The van der Waals surface area contributed by atoms with Gasteiger partial charge in [0.25, 0.3) is 10.0 Å². The second-order valence-corrected chi connectivity index (χ2v) is 8.78. The molecule has 29 heavy (non-hydrogen) atoms. The van der Waals surface area contributed by atoms with Crippen molar-refractivity contribution < 1.29 is 17.9 Å². The third-order valence-corrected chi connectivity index (χ3v) is 6.82. The van der Waals surface area contributed by atoms with Crippen molar-refractivity contribution in [3.05, 3.63) is 82.3 Å². The van der Waals surface area contributed by atoms with Crippen molar-refractivity contribution >= 4 is 38.9 Å². The number of ether oxygens (including phenoxy) is 2. The largest absolute Gasteiger partial charge is 0.497 e. The fraction of sp³-hybridized carbons (Fsp3) is 0.143. The summed E-state index contributed by atoms with van der Waals surface area (Å²) in [6.07, 6.45) is 0. The number of halogens is 2. The molecule has 0 N–H and O–H groups in total. The molecule has 3 aromatic rings. The van der Waals surface area contributed by atoms with Crippen LogP contribution in [0.15, 0.2) is 71.6 Å². The van der Waals surface area contributed by atoms with E-state index in [0.29, 0.717) is 32.8 Å². The molecule has 5 nitrogen and oxygen atoms in total. The van der Waals surface area contributed by atoms with Gasteiger partial charge in [0.2, 0.25) is 0 Å². The van der Waals surface area contributed by atoms with E-state index in [1.54, 1.807) is 54.6 Å². The molecule has 3 aromatic carbocycles. The van der Waals surface area contributed by atoms with E-state index in [1.165, 1.54) is 30.7 Å². The van der Waals surface area contributed by atoms with Gasteiger partial charge in [-0.3, -0.25) is 4.31 Å². The van der Waals surface area contributed by atoms with Crippen molar-refractivity contribution in [1.82, 2.24) is 0 Å². The first-order valence-electron chi connectivity index (χ1n) is 8.60. The Morgan fingerprint density at radius 1 is 0.862 bits per heavy atom. The maximum absolute atomic E-state index is 13.5. The fourth-order valence-corrected chi connectivity index (χ4v) is 4.60. The van der Waals surface area contributed by atoms with Crippen LogP contribution in [0.5, 0.6) is 11.5 Å². The summed E-state index contributed by atoms with van der Waals surface area (Å²) < 4.78 is 38.9. The van der Waals surface area contributed by atoms with Gasteiger partial charge >= 0.3 is 0 Å². The summed E-state index contributed by atoms with van der Waals surface area (Å²) in [6.45, 7) is 0.0472. The third kappa shape index (κ3) is 4.61. The number of hydrogen-bond acceptors (Lipinski definition) is 4. The van der Waals surface area contributed by atoms with Gasteiger partial charge < -0.3 is 9.47 Å². The van der Waals surface area contributed by atoms with Crippen molar-refractivity contribution in [2.24, 2.45) is 0 Å². The zero-order chi connectivity index (χ0) is 21.0. The molecule has 0 saturated carbocycles. The summed E-state index contributed by atoms with van der Waals surface area (Å²) in [6, 6.07) is 18.2. The zero-order valence-corrected chi connectivity index (χ0v) is 18.1. The summed E-state index contributed by atoms with van der Waals surface area (Å²) in [4.78, 5) is 0.129. The van der Waals surface area contributed by atoms with E-state index < -0.39 is 10.0 Å². The van der Waals surface area contributed by atoms with Crippen LogP contribution in [0, 0.1) is 0 Å². The molecule has 0 aliphatic rings. The number of methoxy groups -OCH3 is 2. The predicted octanol–water partition coefficient (Wildman–Crippen LogP) is 5.41. The van der Waals surface area contributed by atoms with Gasteiger partial charge in [-0.05, 0) is 54.1 Å². The molecule has 0 amide bonds. The summed E-state index contributed by atoms with van der Waals surface area (Å²) in [5.74, 6) is 1.00. The van der Waals surface area contributed by atoms with Gasteiger partial charge in [-0.15, -0.1) is 0 Å². The molecule has 8 heteroatoms. The zero-order valence-electron chi connectivity index (χ0n) is 15.8. The molecule has 0 radical (unpaired) electrons. The lowest BCUT2D eigenvalue weighted by Gasteiger charge is -2.26. The number of nitrogens with zero attached hydrogens (tertiary/aromatic N) is 1. The van der Waals surface area contributed by atoms with Gasteiger partial charge in [-0.2, -0.15) is 0 Å². The van der Waals surface area contributed by atoms with Gasteiger partial charge in [0.1, 0.15) is 11.5 Å². The molecule has 0 aromatic heterocycles. The van der Waals surface area contributed by atoms with Crippen LogP contribution in [0.25, 0.3) is 0 Å². The second-order valence-electron chi connectivity index (χ2n) is 6.11. The Bertz CT molecular complexity index is 1100. The second kappa shape index (κ2) is 8.95. The molecule has 0 spiro atoms. The summed E-state index contributed by atoms with van der Waals surface area (Å²) in [5.41, 5.74) is 1.10. The monoisotopic (exact) mass is 451 g/mol. The lowest BCUT2D eigenvalue weighted by molar-refractivity contribution is 0.414. The van der Waals surface area contributed by atoms with Gasteiger partial charge in [0, 0.05) is 0 Å². The highest BCUT2D eigenvalue weighted by Gasteiger charge is 2.27. The minimum atomic E-state index is -3.91. The van der Waals surface area contributed by atoms with E-state index in [-0.39, 0.29) is 11.4 Å². The Morgan fingerprint density at radius 3 is 2.17 bits per heavy atom. The minimum absolute atomic E-state index is 0.0472. The number of anilines is 1. The summed E-state index contributed by atoms with van der Waals surface area (Å²) in [5, 5.41) is 0.753. The molecule has 0 heterocycles. The van der Waals surface area contributed by atoms with Gasteiger partial charge in [0.05, 0.1) is 41.4 Å². The van der Waals surface area contributed by atoms with E-state index in [2.05, 4.69) is 0 Å². The molecule has 0 fully saturated rings. The third-order valence-electron chi connectivity index (χ3n) is 4.31. The van der Waals surface area contributed by atoms with Crippen molar-refractivity contribution in [1.29, 1.82) is 0 Å². The molecular weight excluding hydrogens is 433 g/mol. The lowest BCUT2D eigenvalue weighted by atomic mass is 10.2. The first kappa shape index (κ1) is 21.3. The first-order valence-corrected chi connectivity index (χ1v) is 10.8. The molecule has 0 aliphatic heterocycles. The Hall–Kier alpha value is -2.41. The number of para-hydroxylation sites is 2. The average molecular weight is 452 g/mol. The number of sulfonamides is 1. The van der Waals surface area contributed by atoms with Crippen molar-refractivity contribution in [2.75, 3.05) is 18.5 Å². The van der Waals surface area contributed by atoms with Crippen LogP contribution >= 0.6 is 23.2 Å². The van der Waals surface area contributed by atoms with Crippen LogP contribution < -0.4 is 13.8 Å². The van der Waals surface area contributed by atoms with Crippen LogP contribution in [0.2, 0.25) is 10.0 Å². The molecular formula is C21H19Cl2NO4S. The normalized spacial score (nSPS) is 11.2. The van der Waals surface area contributed by atoms with E-state index in [9.17, 15) is 8.42 Å². The van der Waals surface area contributed by atoms with E-state index in [0.717, 1.165) is 0 Å². The maximum Gasteiger partial charge on any atom is 0.264 e. The van der Waals surface area contributed by atoms with Crippen LogP contribution in [-0.2, 0) is 16.6 Å². The summed E-state index contributed by atoms with van der Waals surface area (Å²) >= 11 is 12.1. The maximum atomic E-state index is 13.5. The quantitative estimate of drug-likeness (QED) is 0.481. The Kier molecular flexibility index (Phi) is 6.57. The standard InChI is InChI=1S/C21H19Cl2NO4S/c1-27-16-8-10-17(11-9-16)29(25,26)24(20-5-3-4-6-21(20)28-2)14-15-7-12-18(22)19(23)13-15/h3-13H,14H2,1-2H3. The highest BCUT2D eigenvalue weighted by molar-refractivity contribution is 7.92. The predicted molar refractivity (Wildman–Crippen MR) is 116 cm³/mol. The van der Waals surface area contributed by atoms with E-state index >= 15 is 0 Å². The Morgan fingerprint density at radius 2 is 1.55 bits per heavy atom. The van der Waals surface area contributed by atoms with Crippen LogP contribution in [-0.4, -0.2) is 22.6 Å². The summed E-state index contributed by atoms with van der Waals surface area (Å²) in [7, 11) is -0.892. The topological polar surface area (TPSA) is 55.8 Å². The van der Waals surface area contributed by atoms with E-state index in [1.807, 2.05) is 0 Å². The average Bonchev–Trinajstić information content (AvgIpc) is 2.74. The Balaban J connectivity index is 2.11. The molecule has 0 atom stereocenters. The molecule has 0 saturated heterocycles. The van der Waals surface area contributed by atoms with Gasteiger partial charge in [-0.1, -0.05) is 41.4 Å². The van der Waals surface area contributed by atoms with Crippen molar-refractivity contribution in [3.8, 4) is 11.5 Å². The highest BCUT2D eigenvalue weighted by atomic mass is 35.5. The Labute approximate surface area is 180 Å². The van der Waals surface area contributed by atoms with Crippen LogP contribution in [0.3, 0.4) is 0 Å². The lowest BCUT2D eigenvalue weighted by Crippen LogP contribution is -2.31. The first-order chi connectivity index (χ1) is 13.9. The number of hydrogen-bond donors (Lipinski definition) is 0. The fourth-order valence-electron chi connectivity index (χ4n) is 2.81. The van der Waals surface area contributed by atoms with Crippen LogP contribution in [0.4, 0.5) is 5.69 Å². The molecule has 0 unspecified atom stereocenters. The highest BCUT2D eigenvalue weighted by Crippen LogP contribution is 2.34. The SMILES string of the molecule is COc1ccc(S(=O)(=O)N(Cc2ccc(Cl)c(Cl)c2)c2ccccc2OC)cc1. The number of benzene rings is 3. The van der Waals surface area contributed by atoms with E-state index in [4.69, 9.17) is 32.7 Å². The smallest absolute Gasteiger partial charge is 0.264 e. The van der Waals surface area contributed by atoms with Gasteiger partial charge in [-0.25, -0.2) is 8.42 Å². The molecule has 3 rings (SSSR count). The molecule has 0 aliphatic carbocycles. The minimum Gasteiger partial charge on any atom is -0.497 e. The van der Waals surface area contributed by atoms with Crippen molar-refractivity contribution in [3.63, 3.8) is 0 Å². The molecule has 0 bridgehead atoms. The number of rotatable bonds is 7. The van der Waals surface area contributed by atoms with Crippen LogP contribution in [0.1, 0.15) is 5.56 Å². The van der Waals surface area contributed by atoms with Gasteiger partial charge in [0.15, 0.2) is 0 Å². The molecule has 152 valence electrons. The van der Waals surface area contributed by atoms with Crippen molar-refractivity contribution in [2.45, 2.75) is 11.4 Å².